The highest BCUT2D eigenvalue weighted by Gasteiger charge is 2.58. The van der Waals surface area contributed by atoms with Crippen molar-refractivity contribution >= 4 is 34.7 Å². The summed E-state index contributed by atoms with van der Waals surface area (Å²) in [6.45, 7) is 1.99. The average Bonchev–Trinajstić information content (AvgIpc) is 3.45. The van der Waals surface area contributed by atoms with Crippen LogP contribution in [-0.4, -0.2) is 43.6 Å². The fourth-order valence-corrected chi connectivity index (χ4v) is 5.97. The number of ether oxygens (including phenoxy) is 2. The molecule has 2 aliphatic rings. The maximum absolute atomic E-state index is 15.0. The lowest BCUT2D eigenvalue weighted by Gasteiger charge is -2.47. The number of esters is 1. The molecule has 0 spiro atoms. The summed E-state index contributed by atoms with van der Waals surface area (Å²) in [6, 6.07) is 32.1. The third-order valence-corrected chi connectivity index (χ3v) is 8.13. The number of β-lactam (4-membered cyclic amide) rings is 1. The molecule has 4 atom stereocenters. The maximum Gasteiger partial charge on any atom is 0.355 e. The highest BCUT2D eigenvalue weighted by molar-refractivity contribution is 6.43. The predicted molar refractivity (Wildman–Crippen MR) is 164 cm³/mol. The van der Waals surface area contributed by atoms with Gasteiger partial charge in [-0.2, -0.15) is 5.10 Å². The summed E-state index contributed by atoms with van der Waals surface area (Å²) in [4.78, 5) is 43.6. The number of hydrogen-bond donors (Lipinski definition) is 0. The summed E-state index contributed by atoms with van der Waals surface area (Å²) in [5, 5.41) is 6.45. The molecular formula is C35H31N3O5. The molecule has 0 aromatic heterocycles. The van der Waals surface area contributed by atoms with Crippen molar-refractivity contribution in [1.82, 2.24) is 0 Å². The Balaban J connectivity index is 1.49. The molecule has 8 nitrogen and oxygen atoms in total. The first kappa shape index (κ1) is 27.9. The zero-order valence-corrected chi connectivity index (χ0v) is 24.1. The zero-order valence-electron chi connectivity index (χ0n) is 24.1. The first-order valence-corrected chi connectivity index (χ1v) is 14.1. The Morgan fingerprint density at radius 3 is 1.91 bits per heavy atom. The van der Waals surface area contributed by atoms with Crippen molar-refractivity contribution in [2.75, 3.05) is 24.1 Å². The van der Waals surface area contributed by atoms with Crippen LogP contribution < -0.4 is 14.6 Å². The second-order valence-corrected chi connectivity index (χ2v) is 10.6. The van der Waals surface area contributed by atoms with E-state index in [1.807, 2.05) is 91.9 Å². The number of ketones is 1. The van der Waals surface area contributed by atoms with Gasteiger partial charge in [0.25, 0.3) is 0 Å². The van der Waals surface area contributed by atoms with Crippen LogP contribution in [0.15, 0.2) is 114 Å². The van der Waals surface area contributed by atoms with E-state index in [1.54, 1.807) is 36.4 Å². The average molecular weight is 574 g/mol. The van der Waals surface area contributed by atoms with E-state index in [0.717, 1.165) is 22.4 Å². The molecule has 2 heterocycles. The lowest BCUT2D eigenvalue weighted by atomic mass is 9.73. The molecule has 216 valence electrons. The second kappa shape index (κ2) is 11.6. The molecule has 0 radical (unpaired) electrons. The summed E-state index contributed by atoms with van der Waals surface area (Å²) in [5.74, 6) is -2.28. The highest BCUT2D eigenvalue weighted by Crippen LogP contribution is 2.46. The van der Waals surface area contributed by atoms with E-state index in [0.29, 0.717) is 11.4 Å². The summed E-state index contributed by atoms with van der Waals surface area (Å²) in [6.07, 6.45) is 0. The van der Waals surface area contributed by atoms with Gasteiger partial charge in [-0.05, 0) is 54.4 Å². The minimum absolute atomic E-state index is 0.00256. The number of nitrogens with zero attached hydrogens (tertiary/aromatic N) is 3. The number of hydrogen-bond acceptors (Lipinski definition) is 7. The van der Waals surface area contributed by atoms with Gasteiger partial charge in [0.05, 0.1) is 37.8 Å². The van der Waals surface area contributed by atoms with Crippen LogP contribution in [0.3, 0.4) is 0 Å². The predicted octanol–water partition coefficient (Wildman–Crippen LogP) is 5.48. The Kier molecular flexibility index (Phi) is 7.50. The SMILES string of the molecule is COC(=O)C1=NN(c2ccc(C)cc2)[C@H](c2ccccc2)[C@H]1C(=O)[C@H]1[C@@H](c2ccccc2)C(=O)N1c1ccc(OC)cc1. The van der Waals surface area contributed by atoms with Crippen LogP contribution in [0.5, 0.6) is 5.75 Å². The topological polar surface area (TPSA) is 88.5 Å². The summed E-state index contributed by atoms with van der Waals surface area (Å²) in [7, 11) is 2.85. The van der Waals surface area contributed by atoms with E-state index in [1.165, 1.54) is 12.0 Å². The smallest absolute Gasteiger partial charge is 0.355 e. The lowest BCUT2D eigenvalue weighted by Crippen LogP contribution is -2.65. The van der Waals surface area contributed by atoms with Gasteiger partial charge in [-0.3, -0.25) is 14.6 Å². The van der Waals surface area contributed by atoms with E-state index in [4.69, 9.17) is 14.6 Å². The van der Waals surface area contributed by atoms with Gasteiger partial charge in [-0.25, -0.2) is 4.79 Å². The zero-order chi connectivity index (χ0) is 30.1. The van der Waals surface area contributed by atoms with Crippen LogP contribution in [0, 0.1) is 12.8 Å². The number of hydrazone groups is 1. The lowest BCUT2D eigenvalue weighted by molar-refractivity contribution is -0.137. The second-order valence-electron chi connectivity index (χ2n) is 10.6. The number of rotatable bonds is 8. The van der Waals surface area contributed by atoms with Gasteiger partial charge in [-0.15, -0.1) is 0 Å². The van der Waals surface area contributed by atoms with Crippen molar-refractivity contribution < 1.29 is 23.9 Å². The van der Waals surface area contributed by atoms with Crippen LogP contribution >= 0.6 is 0 Å². The molecule has 4 aromatic carbocycles. The third-order valence-electron chi connectivity index (χ3n) is 8.13. The number of amides is 1. The van der Waals surface area contributed by atoms with Crippen molar-refractivity contribution in [2.45, 2.75) is 24.9 Å². The minimum Gasteiger partial charge on any atom is -0.497 e. The molecule has 1 amide bonds. The number of carbonyl (C=O) groups excluding carboxylic acids is 3. The Hall–Kier alpha value is -5.24. The first-order chi connectivity index (χ1) is 20.9. The van der Waals surface area contributed by atoms with Crippen LogP contribution in [0.2, 0.25) is 0 Å². The van der Waals surface area contributed by atoms with Crippen LogP contribution in [0.4, 0.5) is 11.4 Å². The Bertz CT molecular complexity index is 1670. The first-order valence-electron chi connectivity index (χ1n) is 14.1. The number of anilines is 2. The number of methoxy groups -OCH3 is 2. The molecule has 0 N–H and O–H groups in total. The number of carbonyl (C=O) groups is 3. The van der Waals surface area contributed by atoms with Gasteiger partial charge in [0.2, 0.25) is 5.91 Å². The molecule has 0 saturated carbocycles. The molecule has 8 heteroatoms. The van der Waals surface area contributed by atoms with E-state index in [-0.39, 0.29) is 17.4 Å². The van der Waals surface area contributed by atoms with Gasteiger partial charge < -0.3 is 14.4 Å². The number of aryl methyl sites for hydroxylation is 1. The summed E-state index contributed by atoms with van der Waals surface area (Å²) < 4.78 is 10.5. The van der Waals surface area contributed by atoms with Crippen molar-refractivity contribution in [3.63, 3.8) is 0 Å². The normalized spacial score (nSPS) is 21.2. The molecule has 6 rings (SSSR count). The van der Waals surface area contributed by atoms with Gasteiger partial charge in [0.15, 0.2) is 11.5 Å². The standard InChI is InChI=1S/C35H31N3O5/c1-22-14-16-26(17-15-22)38-31(24-12-8-5-9-13-24)29(30(36-38)35(41)43-3)33(39)32-28(23-10-6-4-7-11-23)34(40)37(32)25-18-20-27(42-2)21-19-25/h4-21,28-29,31-32H,1-3H3/t28-,29+,31-,32-/m1/s1. The largest absolute Gasteiger partial charge is 0.497 e. The maximum atomic E-state index is 15.0. The summed E-state index contributed by atoms with van der Waals surface area (Å²) in [5.41, 5.74) is 3.91. The molecule has 0 unspecified atom stereocenters. The monoisotopic (exact) mass is 573 g/mol. The van der Waals surface area contributed by atoms with Gasteiger partial charge >= 0.3 is 5.97 Å². The fraction of sp³-hybridized carbons (Fsp3) is 0.200. The van der Waals surface area contributed by atoms with Crippen molar-refractivity contribution in [2.24, 2.45) is 11.0 Å². The van der Waals surface area contributed by atoms with Crippen LogP contribution in [-0.2, 0) is 19.1 Å². The molecular weight excluding hydrogens is 542 g/mol. The molecule has 0 bridgehead atoms. The molecule has 43 heavy (non-hydrogen) atoms. The van der Waals surface area contributed by atoms with E-state index in [9.17, 15) is 14.4 Å². The molecule has 4 aromatic rings. The number of Topliss-reactive ketones (excluding diaryl/α,β-unsaturated/α-hetero) is 1. The summed E-state index contributed by atoms with van der Waals surface area (Å²) >= 11 is 0. The van der Waals surface area contributed by atoms with Crippen molar-refractivity contribution in [3.8, 4) is 5.75 Å². The van der Waals surface area contributed by atoms with E-state index in [2.05, 4.69) is 0 Å². The molecule has 1 saturated heterocycles. The number of benzene rings is 4. The van der Waals surface area contributed by atoms with Crippen LogP contribution in [0.25, 0.3) is 0 Å². The molecule has 1 fully saturated rings. The Labute approximate surface area is 250 Å². The Morgan fingerprint density at radius 2 is 1.33 bits per heavy atom. The molecule has 2 aliphatic heterocycles. The van der Waals surface area contributed by atoms with Gasteiger partial charge in [0, 0.05) is 5.69 Å². The third kappa shape index (κ3) is 4.95. The quantitative estimate of drug-likeness (QED) is 0.205. The van der Waals surface area contributed by atoms with Crippen LogP contribution in [0.1, 0.15) is 28.7 Å². The van der Waals surface area contributed by atoms with E-state index >= 15 is 0 Å². The Morgan fingerprint density at radius 1 is 0.744 bits per heavy atom. The highest BCUT2D eigenvalue weighted by atomic mass is 16.5. The van der Waals surface area contributed by atoms with Crippen molar-refractivity contribution in [1.29, 1.82) is 0 Å². The van der Waals surface area contributed by atoms with Gasteiger partial charge in [0.1, 0.15) is 11.8 Å². The van der Waals surface area contributed by atoms with Gasteiger partial charge in [-0.1, -0.05) is 78.4 Å². The molecule has 0 aliphatic carbocycles. The van der Waals surface area contributed by atoms with Crippen molar-refractivity contribution in [3.05, 3.63) is 126 Å². The minimum atomic E-state index is -1.01. The fourth-order valence-electron chi connectivity index (χ4n) is 5.97. The van der Waals surface area contributed by atoms with E-state index < -0.39 is 29.9 Å².